The molecule has 7 aromatic carbocycles. The molecule has 0 bridgehead atoms. The molecule has 11 aromatic rings. The summed E-state index contributed by atoms with van der Waals surface area (Å²) in [5.74, 6) is 0.654. The van der Waals surface area contributed by atoms with Crippen molar-refractivity contribution in [2.24, 2.45) is 0 Å². The molecule has 5 heteroatoms. The second kappa shape index (κ2) is 13.5. The lowest BCUT2D eigenvalue weighted by Crippen LogP contribution is -1.97. The van der Waals surface area contributed by atoms with Crippen molar-refractivity contribution in [1.29, 1.82) is 0 Å². The molecule has 0 unspecified atom stereocenters. The molecule has 0 aliphatic heterocycles. The number of pyridine rings is 2. The van der Waals surface area contributed by atoms with Gasteiger partial charge in [0.05, 0.1) is 28.3 Å². The summed E-state index contributed by atoms with van der Waals surface area (Å²) in [4.78, 5) is 19.9. The maximum absolute atomic E-state index is 6.52. The molecule has 11 rings (SSSR count). The first-order valence-corrected chi connectivity index (χ1v) is 19.0. The van der Waals surface area contributed by atoms with Crippen LogP contribution in [0, 0.1) is 0 Å². The summed E-state index contributed by atoms with van der Waals surface area (Å²) in [5, 5.41) is 5.48. The van der Waals surface area contributed by atoms with Crippen LogP contribution in [0.25, 0.3) is 111 Å². The van der Waals surface area contributed by atoms with E-state index in [1.165, 1.54) is 0 Å². The van der Waals surface area contributed by atoms with Crippen LogP contribution in [0.3, 0.4) is 0 Å². The van der Waals surface area contributed by atoms with E-state index in [4.69, 9.17) is 19.4 Å². The second-order valence-corrected chi connectivity index (χ2v) is 14.2. The Morgan fingerprint density at radius 2 is 0.982 bits per heavy atom. The van der Waals surface area contributed by atoms with Gasteiger partial charge in [-0.3, -0.25) is 4.98 Å². The third kappa shape index (κ3) is 5.81. The van der Waals surface area contributed by atoms with Crippen molar-refractivity contribution >= 4 is 43.6 Å². The van der Waals surface area contributed by atoms with E-state index in [-0.39, 0.29) is 0 Å². The van der Waals surface area contributed by atoms with Crippen LogP contribution in [0.4, 0.5) is 0 Å². The van der Waals surface area contributed by atoms with Gasteiger partial charge in [-0.25, -0.2) is 15.0 Å². The largest absolute Gasteiger partial charge is 0.455 e. The second-order valence-electron chi connectivity index (χ2n) is 14.2. The molecule has 0 spiro atoms. The number of fused-ring (bicyclic) bond motifs is 7. The average molecular weight is 729 g/mol. The van der Waals surface area contributed by atoms with Crippen LogP contribution in [0.5, 0.6) is 0 Å². The van der Waals surface area contributed by atoms with Crippen molar-refractivity contribution in [2.45, 2.75) is 0 Å². The molecule has 0 atom stereocenters. The molecule has 0 fully saturated rings. The van der Waals surface area contributed by atoms with Crippen molar-refractivity contribution in [3.63, 3.8) is 0 Å². The molecular weight excluding hydrogens is 697 g/mol. The van der Waals surface area contributed by atoms with E-state index in [1.807, 2.05) is 48.5 Å². The SMILES string of the molecule is c1ccc(-c2cccc(-c3nc(-c4ccc(-c5ccc(-c6nc7ccccc7c7c6ccc6c8ccccc8oc67)cc5)cc4)cc(-c4ccccn4)n3)c2)cc1. The molecule has 4 heterocycles. The van der Waals surface area contributed by atoms with E-state index in [0.717, 1.165) is 105 Å². The number of para-hydroxylation sites is 2. The van der Waals surface area contributed by atoms with Gasteiger partial charge >= 0.3 is 0 Å². The third-order valence-electron chi connectivity index (χ3n) is 10.8. The topological polar surface area (TPSA) is 64.7 Å². The fourth-order valence-corrected chi connectivity index (χ4v) is 7.93. The minimum Gasteiger partial charge on any atom is -0.455 e. The van der Waals surface area contributed by atoms with E-state index < -0.39 is 0 Å². The Hall–Kier alpha value is -7.76. The number of hydrogen-bond acceptors (Lipinski definition) is 5. The molecule has 4 aromatic heterocycles. The highest BCUT2D eigenvalue weighted by Gasteiger charge is 2.18. The first-order valence-electron chi connectivity index (χ1n) is 19.0. The van der Waals surface area contributed by atoms with E-state index in [1.54, 1.807) is 6.20 Å². The predicted molar refractivity (Wildman–Crippen MR) is 233 cm³/mol. The van der Waals surface area contributed by atoms with Crippen molar-refractivity contribution in [3.05, 3.63) is 194 Å². The Balaban J connectivity index is 0.955. The van der Waals surface area contributed by atoms with Gasteiger partial charge in [0.25, 0.3) is 0 Å². The normalized spacial score (nSPS) is 11.5. The standard InChI is InChI=1S/C52H32N4O/c1-2-11-33(12-3-1)38-13-10-14-39(31-38)52-55-46(32-47(56-52)45-18-8-9-30-53-45)36-24-20-34(21-25-36)35-22-26-37(27-23-35)50-43-29-28-41-40-15-5-7-19-48(40)57-51(41)49(43)42-16-4-6-17-44(42)54-50/h1-32H. The fourth-order valence-electron chi connectivity index (χ4n) is 7.93. The molecule has 0 aliphatic carbocycles. The minimum absolute atomic E-state index is 0.654. The maximum atomic E-state index is 6.52. The molecular formula is C52H32N4O. The first-order chi connectivity index (χ1) is 28.2. The Morgan fingerprint density at radius 1 is 0.351 bits per heavy atom. The number of benzene rings is 7. The molecule has 0 saturated heterocycles. The Bertz CT molecular complexity index is 3270. The maximum Gasteiger partial charge on any atom is 0.160 e. The molecule has 0 saturated carbocycles. The molecule has 57 heavy (non-hydrogen) atoms. The number of rotatable bonds is 6. The van der Waals surface area contributed by atoms with E-state index in [9.17, 15) is 0 Å². The smallest absolute Gasteiger partial charge is 0.160 e. The Kier molecular flexibility index (Phi) is 7.74. The van der Waals surface area contributed by atoms with Gasteiger partial charge in [-0.2, -0.15) is 0 Å². The van der Waals surface area contributed by atoms with Crippen LogP contribution < -0.4 is 0 Å². The van der Waals surface area contributed by atoms with Crippen LogP contribution in [0.2, 0.25) is 0 Å². The van der Waals surface area contributed by atoms with Gasteiger partial charge in [-0.1, -0.05) is 146 Å². The van der Waals surface area contributed by atoms with Crippen molar-refractivity contribution in [3.8, 4) is 67.5 Å². The van der Waals surface area contributed by atoms with E-state index >= 15 is 0 Å². The highest BCUT2D eigenvalue weighted by atomic mass is 16.3. The number of furan rings is 1. The van der Waals surface area contributed by atoms with Gasteiger partial charge in [-0.15, -0.1) is 0 Å². The summed E-state index contributed by atoms with van der Waals surface area (Å²) < 4.78 is 6.52. The number of hydrogen-bond donors (Lipinski definition) is 0. The zero-order valence-electron chi connectivity index (χ0n) is 30.7. The molecule has 0 amide bonds. The van der Waals surface area contributed by atoms with Gasteiger partial charge in [-0.05, 0) is 64.7 Å². The van der Waals surface area contributed by atoms with Crippen molar-refractivity contribution < 1.29 is 4.42 Å². The lowest BCUT2D eigenvalue weighted by molar-refractivity contribution is 0.673. The lowest BCUT2D eigenvalue weighted by Gasteiger charge is -2.12. The summed E-state index contributed by atoms with van der Waals surface area (Å²) in [7, 11) is 0. The Morgan fingerprint density at radius 3 is 1.79 bits per heavy atom. The van der Waals surface area contributed by atoms with Crippen molar-refractivity contribution in [1.82, 2.24) is 19.9 Å². The quantitative estimate of drug-likeness (QED) is 0.160. The van der Waals surface area contributed by atoms with E-state index in [0.29, 0.717) is 5.82 Å². The molecule has 5 nitrogen and oxygen atoms in total. The number of nitrogens with zero attached hydrogens (tertiary/aromatic N) is 4. The van der Waals surface area contributed by atoms with Crippen LogP contribution >= 0.6 is 0 Å². The van der Waals surface area contributed by atoms with Gasteiger partial charge in [0.2, 0.25) is 0 Å². The summed E-state index contributed by atoms with van der Waals surface area (Å²) in [6.07, 6.45) is 1.80. The van der Waals surface area contributed by atoms with Gasteiger partial charge in [0.15, 0.2) is 5.82 Å². The fraction of sp³-hybridized carbons (Fsp3) is 0. The summed E-state index contributed by atoms with van der Waals surface area (Å²) in [6, 6.07) is 64.9. The predicted octanol–water partition coefficient (Wildman–Crippen LogP) is 13.5. The average Bonchev–Trinajstić information content (AvgIpc) is 3.68. The zero-order valence-corrected chi connectivity index (χ0v) is 30.7. The van der Waals surface area contributed by atoms with Crippen LogP contribution in [0.1, 0.15) is 0 Å². The van der Waals surface area contributed by atoms with Crippen LogP contribution in [-0.2, 0) is 0 Å². The van der Waals surface area contributed by atoms with Crippen LogP contribution in [-0.4, -0.2) is 19.9 Å². The highest BCUT2D eigenvalue weighted by Crippen LogP contribution is 2.41. The lowest BCUT2D eigenvalue weighted by atomic mass is 9.96. The molecule has 0 N–H and O–H groups in total. The summed E-state index contributed by atoms with van der Waals surface area (Å²) >= 11 is 0. The minimum atomic E-state index is 0.654. The van der Waals surface area contributed by atoms with Gasteiger partial charge in [0, 0.05) is 49.8 Å². The van der Waals surface area contributed by atoms with Crippen molar-refractivity contribution in [2.75, 3.05) is 0 Å². The highest BCUT2D eigenvalue weighted by molar-refractivity contribution is 6.24. The summed E-state index contributed by atoms with van der Waals surface area (Å²) in [5.41, 5.74) is 13.6. The van der Waals surface area contributed by atoms with E-state index in [2.05, 4.69) is 145 Å². The van der Waals surface area contributed by atoms with Gasteiger partial charge in [0.1, 0.15) is 11.2 Å². The zero-order chi connectivity index (χ0) is 37.7. The third-order valence-corrected chi connectivity index (χ3v) is 10.8. The number of aromatic nitrogens is 4. The molecule has 0 radical (unpaired) electrons. The Labute approximate surface area is 328 Å². The molecule has 0 aliphatic rings. The van der Waals surface area contributed by atoms with Crippen LogP contribution in [0.15, 0.2) is 199 Å². The summed E-state index contributed by atoms with van der Waals surface area (Å²) in [6.45, 7) is 0. The monoisotopic (exact) mass is 728 g/mol. The van der Waals surface area contributed by atoms with Gasteiger partial charge < -0.3 is 4.42 Å². The molecule has 266 valence electrons. The first kappa shape index (κ1) is 32.7.